The summed E-state index contributed by atoms with van der Waals surface area (Å²) in [5.74, 6) is 0.534. The SMILES string of the molecule is O=C1NCC2(Cc3ccccc3Br)CC12. The van der Waals surface area contributed by atoms with E-state index in [9.17, 15) is 4.79 Å². The second-order valence-electron chi connectivity index (χ2n) is 4.61. The van der Waals surface area contributed by atoms with Crippen molar-refractivity contribution in [2.24, 2.45) is 11.3 Å². The highest BCUT2D eigenvalue weighted by molar-refractivity contribution is 9.10. The van der Waals surface area contributed by atoms with Crippen molar-refractivity contribution in [3.05, 3.63) is 34.3 Å². The summed E-state index contributed by atoms with van der Waals surface area (Å²) in [6, 6.07) is 8.27. The maximum Gasteiger partial charge on any atom is 0.223 e. The second-order valence-corrected chi connectivity index (χ2v) is 5.46. The molecule has 2 nitrogen and oxygen atoms in total. The zero-order valence-corrected chi connectivity index (χ0v) is 9.88. The molecule has 1 aromatic rings. The van der Waals surface area contributed by atoms with Gasteiger partial charge in [0.05, 0.1) is 0 Å². The quantitative estimate of drug-likeness (QED) is 0.872. The predicted octanol–water partition coefficient (Wildman–Crippen LogP) is 2.13. The van der Waals surface area contributed by atoms with Gasteiger partial charge in [0.25, 0.3) is 0 Å². The average molecular weight is 266 g/mol. The molecule has 1 aliphatic carbocycles. The highest BCUT2D eigenvalue weighted by Crippen LogP contribution is 2.57. The predicted molar refractivity (Wildman–Crippen MR) is 61.4 cm³/mol. The van der Waals surface area contributed by atoms with E-state index in [0.717, 1.165) is 23.9 Å². The van der Waals surface area contributed by atoms with Gasteiger partial charge in [-0.05, 0) is 24.5 Å². The lowest BCUT2D eigenvalue weighted by Gasteiger charge is -2.12. The molecule has 2 unspecified atom stereocenters. The number of carbonyl (C=O) groups is 1. The normalized spacial score (nSPS) is 32.3. The summed E-state index contributed by atoms with van der Waals surface area (Å²) < 4.78 is 1.16. The Labute approximate surface area is 97.2 Å². The highest BCUT2D eigenvalue weighted by atomic mass is 79.9. The molecule has 1 aromatic carbocycles. The van der Waals surface area contributed by atoms with Gasteiger partial charge in [0.15, 0.2) is 0 Å². The lowest BCUT2D eigenvalue weighted by molar-refractivity contribution is -0.120. The summed E-state index contributed by atoms with van der Waals surface area (Å²) in [5.41, 5.74) is 1.55. The zero-order valence-electron chi connectivity index (χ0n) is 8.29. The van der Waals surface area contributed by atoms with Gasteiger partial charge < -0.3 is 5.32 Å². The van der Waals surface area contributed by atoms with Gasteiger partial charge in [-0.1, -0.05) is 34.1 Å². The molecule has 2 aliphatic rings. The first-order valence-electron chi connectivity index (χ1n) is 5.22. The van der Waals surface area contributed by atoms with E-state index in [2.05, 4.69) is 39.4 Å². The third kappa shape index (κ3) is 1.41. The molecule has 0 bridgehead atoms. The van der Waals surface area contributed by atoms with Crippen LogP contribution in [0.25, 0.3) is 0 Å². The molecule has 1 saturated heterocycles. The molecule has 2 atom stereocenters. The average Bonchev–Trinajstić information content (AvgIpc) is 2.86. The van der Waals surface area contributed by atoms with Crippen LogP contribution in [0, 0.1) is 11.3 Å². The zero-order chi connectivity index (χ0) is 10.5. The molecule has 1 heterocycles. The van der Waals surface area contributed by atoms with Crippen molar-refractivity contribution in [1.82, 2.24) is 5.32 Å². The Balaban J connectivity index is 1.83. The van der Waals surface area contributed by atoms with Crippen molar-refractivity contribution in [1.29, 1.82) is 0 Å². The van der Waals surface area contributed by atoms with Gasteiger partial charge in [-0.15, -0.1) is 0 Å². The molecular weight excluding hydrogens is 254 g/mol. The minimum atomic E-state index is 0.237. The van der Waals surface area contributed by atoms with E-state index < -0.39 is 0 Å². The Kier molecular flexibility index (Phi) is 1.93. The summed E-state index contributed by atoms with van der Waals surface area (Å²) in [7, 11) is 0. The molecule has 3 heteroatoms. The van der Waals surface area contributed by atoms with Crippen LogP contribution >= 0.6 is 15.9 Å². The molecule has 0 radical (unpaired) electrons. The first kappa shape index (κ1) is 9.40. The number of rotatable bonds is 2. The maximum atomic E-state index is 11.4. The Morgan fingerprint density at radius 1 is 1.47 bits per heavy atom. The molecule has 1 saturated carbocycles. The number of halogens is 1. The number of piperidine rings is 1. The van der Waals surface area contributed by atoms with Crippen LogP contribution in [-0.4, -0.2) is 12.5 Å². The highest BCUT2D eigenvalue weighted by Gasteiger charge is 2.62. The van der Waals surface area contributed by atoms with Crippen molar-refractivity contribution >= 4 is 21.8 Å². The number of benzene rings is 1. The molecule has 3 rings (SSSR count). The second kappa shape index (κ2) is 3.08. The van der Waals surface area contributed by atoms with Gasteiger partial charge in [0, 0.05) is 22.4 Å². The van der Waals surface area contributed by atoms with E-state index in [0.29, 0.717) is 0 Å². The third-order valence-electron chi connectivity index (χ3n) is 3.62. The van der Waals surface area contributed by atoms with E-state index in [1.54, 1.807) is 0 Å². The van der Waals surface area contributed by atoms with Crippen LogP contribution < -0.4 is 5.32 Å². The maximum absolute atomic E-state index is 11.4. The molecule has 1 N–H and O–H groups in total. The first-order valence-corrected chi connectivity index (χ1v) is 6.02. The van der Waals surface area contributed by atoms with Crippen LogP contribution in [0.4, 0.5) is 0 Å². The van der Waals surface area contributed by atoms with Crippen molar-refractivity contribution < 1.29 is 4.79 Å². The number of hydrogen-bond donors (Lipinski definition) is 1. The molecule has 1 aliphatic heterocycles. The molecule has 15 heavy (non-hydrogen) atoms. The van der Waals surface area contributed by atoms with Crippen molar-refractivity contribution in [2.75, 3.05) is 6.54 Å². The van der Waals surface area contributed by atoms with Crippen LogP contribution in [0.15, 0.2) is 28.7 Å². The van der Waals surface area contributed by atoms with E-state index in [-0.39, 0.29) is 17.2 Å². The summed E-state index contributed by atoms with van der Waals surface area (Å²) >= 11 is 3.56. The largest absolute Gasteiger partial charge is 0.355 e. The van der Waals surface area contributed by atoms with Crippen LogP contribution in [0.1, 0.15) is 12.0 Å². The van der Waals surface area contributed by atoms with Gasteiger partial charge in [-0.2, -0.15) is 0 Å². The van der Waals surface area contributed by atoms with E-state index in [4.69, 9.17) is 0 Å². The van der Waals surface area contributed by atoms with Gasteiger partial charge >= 0.3 is 0 Å². The molecule has 0 spiro atoms. The van der Waals surface area contributed by atoms with Crippen molar-refractivity contribution in [3.63, 3.8) is 0 Å². The van der Waals surface area contributed by atoms with Crippen LogP contribution in [0.3, 0.4) is 0 Å². The third-order valence-corrected chi connectivity index (χ3v) is 4.39. The molecular formula is C12H12BrNO. The number of nitrogens with one attached hydrogen (secondary N) is 1. The molecule has 1 amide bonds. The fraction of sp³-hybridized carbons (Fsp3) is 0.417. The van der Waals surface area contributed by atoms with E-state index in [1.165, 1.54) is 5.56 Å². The monoisotopic (exact) mass is 265 g/mol. The Morgan fingerprint density at radius 3 is 2.87 bits per heavy atom. The van der Waals surface area contributed by atoms with Crippen LogP contribution in [0.5, 0.6) is 0 Å². The smallest absolute Gasteiger partial charge is 0.223 e. The number of carbonyl (C=O) groups excluding carboxylic acids is 1. The fourth-order valence-electron chi connectivity index (χ4n) is 2.58. The van der Waals surface area contributed by atoms with Crippen molar-refractivity contribution in [3.8, 4) is 0 Å². The Morgan fingerprint density at radius 2 is 2.27 bits per heavy atom. The Bertz CT molecular complexity index is 431. The standard InChI is InChI=1S/C12H12BrNO/c13-10-4-2-1-3-8(10)5-12-6-9(12)11(15)14-7-12/h1-4,9H,5-7H2,(H,14,15). The molecule has 0 aromatic heterocycles. The lowest BCUT2D eigenvalue weighted by atomic mass is 9.96. The minimum Gasteiger partial charge on any atom is -0.355 e. The van der Waals surface area contributed by atoms with Crippen LogP contribution in [-0.2, 0) is 11.2 Å². The fourth-order valence-corrected chi connectivity index (χ4v) is 3.00. The van der Waals surface area contributed by atoms with E-state index >= 15 is 0 Å². The first-order chi connectivity index (χ1) is 7.21. The minimum absolute atomic E-state index is 0.237. The van der Waals surface area contributed by atoms with Crippen molar-refractivity contribution in [2.45, 2.75) is 12.8 Å². The number of amides is 1. The topological polar surface area (TPSA) is 29.1 Å². The summed E-state index contributed by atoms with van der Waals surface area (Å²) in [6.45, 7) is 0.859. The number of fused-ring (bicyclic) bond motifs is 1. The molecule has 78 valence electrons. The van der Waals surface area contributed by atoms with Gasteiger partial charge in [-0.3, -0.25) is 4.79 Å². The van der Waals surface area contributed by atoms with E-state index in [1.807, 2.05) is 6.07 Å². The summed E-state index contributed by atoms with van der Waals surface area (Å²) in [5, 5.41) is 2.95. The number of hydrogen-bond acceptors (Lipinski definition) is 1. The Hall–Kier alpha value is -0.830. The lowest BCUT2D eigenvalue weighted by Crippen LogP contribution is -2.21. The molecule has 2 fully saturated rings. The van der Waals surface area contributed by atoms with Gasteiger partial charge in [0.1, 0.15) is 0 Å². The summed E-state index contributed by atoms with van der Waals surface area (Å²) in [6.07, 6.45) is 2.08. The van der Waals surface area contributed by atoms with Crippen LogP contribution in [0.2, 0.25) is 0 Å². The van der Waals surface area contributed by atoms with Gasteiger partial charge in [0.2, 0.25) is 5.91 Å². The summed E-state index contributed by atoms with van der Waals surface area (Å²) in [4.78, 5) is 11.4. The van der Waals surface area contributed by atoms with Gasteiger partial charge in [-0.25, -0.2) is 0 Å².